The maximum Gasteiger partial charge on any atom is 0.0643 e. The second-order valence-corrected chi connectivity index (χ2v) is 4.43. The highest BCUT2D eigenvalue weighted by molar-refractivity contribution is 6.42. The lowest BCUT2D eigenvalue weighted by atomic mass is 10.00. The molecular formula is C13H12Cl2N2. The molecular weight excluding hydrogens is 255 g/mol. The van der Waals surface area contributed by atoms with Crippen molar-refractivity contribution >= 4 is 23.2 Å². The summed E-state index contributed by atoms with van der Waals surface area (Å²) in [5, 5.41) is 4.39. The Morgan fingerprint density at radius 3 is 2.47 bits per heavy atom. The zero-order valence-corrected chi connectivity index (χ0v) is 10.8. The summed E-state index contributed by atoms with van der Waals surface area (Å²) in [6, 6.07) is 9.58. The molecule has 0 saturated carbocycles. The fraction of sp³-hybridized carbons (Fsp3) is 0.154. The number of hydrogen-bond acceptors (Lipinski definition) is 2. The van der Waals surface area contributed by atoms with Crippen molar-refractivity contribution in [3.05, 3.63) is 63.9 Å². The molecule has 1 atom stereocenters. The average molecular weight is 267 g/mol. The summed E-state index contributed by atoms with van der Waals surface area (Å²) in [5.74, 6) is 0. The van der Waals surface area contributed by atoms with Gasteiger partial charge in [-0.25, -0.2) is 0 Å². The lowest BCUT2D eigenvalue weighted by molar-refractivity contribution is 0.691. The van der Waals surface area contributed by atoms with Gasteiger partial charge in [0.15, 0.2) is 0 Å². The van der Waals surface area contributed by atoms with Gasteiger partial charge in [-0.15, -0.1) is 0 Å². The minimum atomic E-state index is 0.0178. The maximum absolute atomic E-state index is 6.23. The number of nitrogens with zero attached hydrogens (tertiary/aromatic N) is 1. The number of benzene rings is 1. The summed E-state index contributed by atoms with van der Waals surface area (Å²) in [5.41, 5.74) is 2.07. The number of pyridine rings is 1. The van der Waals surface area contributed by atoms with Crippen LogP contribution in [0.3, 0.4) is 0 Å². The largest absolute Gasteiger partial charge is 0.309 e. The van der Waals surface area contributed by atoms with Gasteiger partial charge in [-0.1, -0.05) is 35.3 Å². The van der Waals surface area contributed by atoms with E-state index in [4.69, 9.17) is 23.2 Å². The number of rotatable bonds is 3. The van der Waals surface area contributed by atoms with Gasteiger partial charge in [0.1, 0.15) is 0 Å². The van der Waals surface area contributed by atoms with Gasteiger partial charge in [0.05, 0.1) is 16.1 Å². The fourth-order valence-electron chi connectivity index (χ4n) is 1.80. The minimum Gasteiger partial charge on any atom is -0.309 e. The van der Waals surface area contributed by atoms with Crippen molar-refractivity contribution in [1.29, 1.82) is 0 Å². The summed E-state index contributed by atoms with van der Waals surface area (Å²) in [7, 11) is 1.89. The Morgan fingerprint density at radius 1 is 1.12 bits per heavy atom. The Kier molecular flexibility index (Phi) is 4.00. The van der Waals surface area contributed by atoms with Crippen LogP contribution in [-0.4, -0.2) is 12.0 Å². The Bertz CT molecular complexity index is 500. The first kappa shape index (κ1) is 12.4. The molecule has 0 radical (unpaired) electrons. The molecule has 17 heavy (non-hydrogen) atoms. The number of aromatic nitrogens is 1. The van der Waals surface area contributed by atoms with Crippen LogP contribution in [-0.2, 0) is 0 Å². The van der Waals surface area contributed by atoms with Crippen LogP contribution in [0.4, 0.5) is 0 Å². The lowest BCUT2D eigenvalue weighted by Gasteiger charge is -2.18. The van der Waals surface area contributed by atoms with Gasteiger partial charge in [0.2, 0.25) is 0 Å². The van der Waals surface area contributed by atoms with Crippen molar-refractivity contribution < 1.29 is 0 Å². The van der Waals surface area contributed by atoms with E-state index in [-0.39, 0.29) is 6.04 Å². The van der Waals surface area contributed by atoms with Gasteiger partial charge < -0.3 is 5.32 Å². The molecule has 0 spiro atoms. The second-order valence-electron chi connectivity index (χ2n) is 3.65. The molecule has 0 fully saturated rings. The Labute approximate surface area is 111 Å². The molecule has 1 heterocycles. The van der Waals surface area contributed by atoms with Crippen molar-refractivity contribution in [2.45, 2.75) is 6.04 Å². The van der Waals surface area contributed by atoms with Crippen LogP contribution < -0.4 is 5.32 Å². The molecule has 2 aromatic rings. The smallest absolute Gasteiger partial charge is 0.0643 e. The molecule has 0 aliphatic carbocycles. The van der Waals surface area contributed by atoms with Gasteiger partial charge >= 0.3 is 0 Å². The van der Waals surface area contributed by atoms with E-state index >= 15 is 0 Å². The molecule has 2 nitrogen and oxygen atoms in total. The van der Waals surface area contributed by atoms with Crippen molar-refractivity contribution in [1.82, 2.24) is 10.3 Å². The Hall–Kier alpha value is -1.09. The van der Waals surface area contributed by atoms with Gasteiger partial charge in [0.25, 0.3) is 0 Å². The lowest BCUT2D eigenvalue weighted by Crippen LogP contribution is -2.18. The van der Waals surface area contributed by atoms with Crippen LogP contribution in [0.1, 0.15) is 17.2 Å². The van der Waals surface area contributed by atoms with E-state index < -0.39 is 0 Å². The summed E-state index contributed by atoms with van der Waals surface area (Å²) < 4.78 is 0. The summed E-state index contributed by atoms with van der Waals surface area (Å²) in [6.07, 6.45) is 3.52. The molecule has 0 bridgehead atoms. The summed E-state index contributed by atoms with van der Waals surface area (Å²) in [4.78, 5) is 4.01. The first-order valence-corrected chi connectivity index (χ1v) is 6.00. The molecule has 1 aromatic carbocycles. The third kappa shape index (κ3) is 2.60. The highest BCUT2D eigenvalue weighted by atomic mass is 35.5. The first-order valence-electron chi connectivity index (χ1n) is 5.25. The first-order chi connectivity index (χ1) is 8.24. The molecule has 0 aliphatic rings. The standard InChI is InChI=1S/C13H12Cl2N2/c1-16-13(9-5-7-17-8-6-9)10-3-2-4-11(14)12(10)15/h2-8,13,16H,1H3. The van der Waals surface area contributed by atoms with E-state index in [9.17, 15) is 0 Å². The summed E-state index contributed by atoms with van der Waals surface area (Å²) >= 11 is 12.3. The average Bonchev–Trinajstić information content (AvgIpc) is 2.37. The molecule has 88 valence electrons. The Balaban J connectivity index is 2.46. The Morgan fingerprint density at radius 2 is 1.82 bits per heavy atom. The van der Waals surface area contributed by atoms with Gasteiger partial charge in [-0.05, 0) is 36.4 Å². The number of hydrogen-bond donors (Lipinski definition) is 1. The van der Waals surface area contributed by atoms with Gasteiger partial charge in [0, 0.05) is 12.4 Å². The van der Waals surface area contributed by atoms with E-state index in [2.05, 4.69) is 10.3 Å². The molecule has 2 rings (SSSR count). The van der Waals surface area contributed by atoms with Crippen LogP contribution in [0.25, 0.3) is 0 Å². The number of nitrogens with one attached hydrogen (secondary N) is 1. The summed E-state index contributed by atoms with van der Waals surface area (Å²) in [6.45, 7) is 0. The predicted molar refractivity (Wildman–Crippen MR) is 71.6 cm³/mol. The SMILES string of the molecule is CNC(c1ccncc1)c1cccc(Cl)c1Cl. The number of halogens is 2. The van der Waals surface area contributed by atoms with Crippen LogP contribution in [0.5, 0.6) is 0 Å². The highest BCUT2D eigenvalue weighted by Crippen LogP contribution is 2.32. The molecule has 0 aliphatic heterocycles. The minimum absolute atomic E-state index is 0.0178. The van der Waals surface area contributed by atoms with Crippen molar-refractivity contribution in [3.8, 4) is 0 Å². The fourth-order valence-corrected chi connectivity index (χ4v) is 2.22. The third-order valence-corrected chi connectivity index (χ3v) is 3.45. The third-order valence-electron chi connectivity index (χ3n) is 2.62. The monoisotopic (exact) mass is 266 g/mol. The van der Waals surface area contributed by atoms with E-state index in [0.717, 1.165) is 11.1 Å². The van der Waals surface area contributed by atoms with Crippen molar-refractivity contribution in [2.24, 2.45) is 0 Å². The quantitative estimate of drug-likeness (QED) is 0.917. The molecule has 4 heteroatoms. The maximum atomic E-state index is 6.23. The van der Waals surface area contributed by atoms with Crippen LogP contribution >= 0.6 is 23.2 Å². The van der Waals surface area contributed by atoms with E-state index in [1.807, 2.05) is 31.3 Å². The molecule has 1 N–H and O–H groups in total. The zero-order chi connectivity index (χ0) is 12.3. The van der Waals surface area contributed by atoms with E-state index in [0.29, 0.717) is 10.0 Å². The molecule has 1 aromatic heterocycles. The van der Waals surface area contributed by atoms with E-state index in [1.165, 1.54) is 0 Å². The van der Waals surface area contributed by atoms with Crippen LogP contribution in [0.15, 0.2) is 42.7 Å². The van der Waals surface area contributed by atoms with Gasteiger partial charge in [-0.2, -0.15) is 0 Å². The van der Waals surface area contributed by atoms with Crippen molar-refractivity contribution in [3.63, 3.8) is 0 Å². The topological polar surface area (TPSA) is 24.9 Å². The van der Waals surface area contributed by atoms with Crippen LogP contribution in [0.2, 0.25) is 10.0 Å². The zero-order valence-electron chi connectivity index (χ0n) is 9.32. The highest BCUT2D eigenvalue weighted by Gasteiger charge is 2.16. The van der Waals surface area contributed by atoms with Crippen molar-refractivity contribution in [2.75, 3.05) is 7.05 Å². The molecule has 0 amide bonds. The second kappa shape index (κ2) is 5.50. The van der Waals surface area contributed by atoms with Crippen LogP contribution in [0, 0.1) is 0 Å². The predicted octanol–water partition coefficient (Wildman–Crippen LogP) is 3.70. The molecule has 1 unspecified atom stereocenters. The molecule has 0 saturated heterocycles. The van der Waals surface area contributed by atoms with Gasteiger partial charge in [-0.3, -0.25) is 4.98 Å². The van der Waals surface area contributed by atoms with E-state index in [1.54, 1.807) is 18.5 Å². The normalized spacial score (nSPS) is 12.4.